The van der Waals surface area contributed by atoms with E-state index in [2.05, 4.69) is 33.0 Å². The second-order valence-corrected chi connectivity index (χ2v) is 9.20. The number of aromatic nitrogens is 3. The summed E-state index contributed by atoms with van der Waals surface area (Å²) in [6, 6.07) is 3.72. The Labute approximate surface area is 155 Å². The van der Waals surface area contributed by atoms with Gasteiger partial charge in [0.25, 0.3) is 0 Å². The number of nitrogens with zero attached hydrogens (tertiary/aromatic N) is 5. The van der Waals surface area contributed by atoms with E-state index in [1.807, 2.05) is 0 Å². The van der Waals surface area contributed by atoms with Gasteiger partial charge in [0.1, 0.15) is 29.0 Å². The molecule has 10 heteroatoms. The van der Waals surface area contributed by atoms with Crippen LogP contribution in [0.4, 0.5) is 5.82 Å². The van der Waals surface area contributed by atoms with Gasteiger partial charge >= 0.3 is 0 Å². The lowest BCUT2D eigenvalue weighted by atomic mass is 10.2. The van der Waals surface area contributed by atoms with Crippen molar-refractivity contribution in [2.24, 2.45) is 0 Å². The average Bonchev–Trinajstić information content (AvgIpc) is 3.30. The highest BCUT2D eigenvalue weighted by molar-refractivity contribution is 7.88. The fraction of sp³-hybridized carbons (Fsp3) is 0.438. The lowest BCUT2D eigenvalue weighted by molar-refractivity contribution is 0.381. The Kier molecular flexibility index (Phi) is 4.63. The van der Waals surface area contributed by atoms with Crippen LogP contribution in [0.1, 0.15) is 17.5 Å². The van der Waals surface area contributed by atoms with Crippen LogP contribution < -0.4 is 4.90 Å². The first-order valence-corrected chi connectivity index (χ1v) is 10.8. The molecule has 0 unspecified atom stereocenters. The van der Waals surface area contributed by atoms with Crippen LogP contribution in [0.2, 0.25) is 0 Å². The van der Waals surface area contributed by atoms with E-state index in [0.717, 1.165) is 22.5 Å². The molecule has 0 bridgehead atoms. The molecule has 0 N–H and O–H groups in total. The first kappa shape index (κ1) is 17.4. The summed E-state index contributed by atoms with van der Waals surface area (Å²) in [5.41, 5.74) is 0.426. The van der Waals surface area contributed by atoms with Gasteiger partial charge in [-0.1, -0.05) is 12.1 Å². The van der Waals surface area contributed by atoms with E-state index in [4.69, 9.17) is 4.52 Å². The average molecular weight is 393 g/mol. The molecule has 0 spiro atoms. The van der Waals surface area contributed by atoms with Gasteiger partial charge in [-0.3, -0.25) is 0 Å². The third kappa shape index (κ3) is 3.31. The van der Waals surface area contributed by atoms with Crippen molar-refractivity contribution in [2.45, 2.75) is 19.1 Å². The molecule has 1 aliphatic heterocycles. The Morgan fingerprint density at radius 1 is 1.23 bits per heavy atom. The molecule has 1 aliphatic rings. The molecule has 3 aromatic heterocycles. The molecule has 0 aromatic carbocycles. The minimum Gasteiger partial charge on any atom is -0.364 e. The molecule has 0 saturated carbocycles. The Bertz CT molecular complexity index is 992. The summed E-state index contributed by atoms with van der Waals surface area (Å²) in [6.07, 6.45) is 3.93. The standard InChI is InChI=1S/C16H19N5O3S2/c1-2-13-9-14-15(17-11-18-16(14)25-13)20-4-6-21(7-5-20)26(22,23)10-12-3-8-24-19-12/h3,8-9,11H,2,4-7,10H2,1H3. The third-order valence-electron chi connectivity index (χ3n) is 4.46. The summed E-state index contributed by atoms with van der Waals surface area (Å²) in [7, 11) is -3.40. The number of thiophene rings is 1. The molecule has 8 nitrogen and oxygen atoms in total. The lowest BCUT2D eigenvalue weighted by Gasteiger charge is -2.34. The van der Waals surface area contributed by atoms with Crippen LogP contribution in [0, 0.1) is 0 Å². The van der Waals surface area contributed by atoms with E-state index in [9.17, 15) is 8.42 Å². The van der Waals surface area contributed by atoms with Gasteiger partial charge in [0.05, 0.1) is 11.1 Å². The molecule has 0 aliphatic carbocycles. The number of anilines is 1. The molecule has 3 aromatic rings. The monoisotopic (exact) mass is 393 g/mol. The van der Waals surface area contributed by atoms with Crippen molar-refractivity contribution < 1.29 is 12.9 Å². The minimum atomic E-state index is -3.40. The number of rotatable bonds is 5. The molecular weight excluding hydrogens is 374 g/mol. The quantitative estimate of drug-likeness (QED) is 0.653. The van der Waals surface area contributed by atoms with Gasteiger partial charge < -0.3 is 9.42 Å². The van der Waals surface area contributed by atoms with Crippen LogP contribution >= 0.6 is 11.3 Å². The molecule has 4 heterocycles. The van der Waals surface area contributed by atoms with Crippen molar-refractivity contribution in [1.82, 2.24) is 19.4 Å². The number of piperazine rings is 1. The van der Waals surface area contributed by atoms with Gasteiger partial charge in [-0.05, 0) is 12.5 Å². The van der Waals surface area contributed by atoms with E-state index in [-0.39, 0.29) is 5.75 Å². The molecule has 1 fully saturated rings. The minimum absolute atomic E-state index is 0.133. The Morgan fingerprint density at radius 2 is 2.04 bits per heavy atom. The summed E-state index contributed by atoms with van der Waals surface area (Å²) in [5, 5.41) is 4.75. The van der Waals surface area contributed by atoms with Crippen molar-refractivity contribution in [3.05, 3.63) is 35.3 Å². The Balaban J connectivity index is 1.49. The van der Waals surface area contributed by atoms with E-state index >= 15 is 0 Å². The van der Waals surface area contributed by atoms with Crippen LogP contribution in [0.5, 0.6) is 0 Å². The summed E-state index contributed by atoms with van der Waals surface area (Å²) in [5.74, 6) is 0.755. The topological polar surface area (TPSA) is 92.4 Å². The second-order valence-electron chi connectivity index (χ2n) is 6.12. The molecule has 0 amide bonds. The molecule has 1 saturated heterocycles. The van der Waals surface area contributed by atoms with Crippen molar-refractivity contribution in [3.8, 4) is 0 Å². The maximum absolute atomic E-state index is 12.6. The van der Waals surface area contributed by atoms with E-state index < -0.39 is 10.0 Å². The molecular formula is C16H19N5O3S2. The first-order chi connectivity index (χ1) is 12.6. The van der Waals surface area contributed by atoms with Gasteiger partial charge in [0, 0.05) is 37.1 Å². The van der Waals surface area contributed by atoms with Crippen molar-refractivity contribution in [2.75, 3.05) is 31.1 Å². The van der Waals surface area contributed by atoms with E-state index in [1.165, 1.54) is 15.4 Å². The summed E-state index contributed by atoms with van der Waals surface area (Å²) in [6.45, 7) is 4.17. The highest BCUT2D eigenvalue weighted by Gasteiger charge is 2.29. The Hall–Kier alpha value is -2.04. The van der Waals surface area contributed by atoms with Gasteiger partial charge in [-0.25, -0.2) is 18.4 Å². The van der Waals surface area contributed by atoms with Crippen LogP contribution in [0.3, 0.4) is 0 Å². The molecule has 0 atom stereocenters. The normalized spacial score (nSPS) is 16.4. The summed E-state index contributed by atoms with van der Waals surface area (Å²) < 4.78 is 31.3. The number of hydrogen-bond acceptors (Lipinski definition) is 8. The van der Waals surface area contributed by atoms with Crippen LogP contribution in [0.15, 0.2) is 29.2 Å². The first-order valence-electron chi connectivity index (χ1n) is 8.42. The highest BCUT2D eigenvalue weighted by Crippen LogP contribution is 2.31. The second kappa shape index (κ2) is 6.93. The predicted molar refractivity (Wildman–Crippen MR) is 99.7 cm³/mol. The van der Waals surface area contributed by atoms with Crippen LogP contribution in [-0.4, -0.2) is 54.0 Å². The van der Waals surface area contributed by atoms with Gasteiger partial charge in [0.15, 0.2) is 0 Å². The Morgan fingerprint density at radius 3 is 2.73 bits per heavy atom. The highest BCUT2D eigenvalue weighted by atomic mass is 32.2. The zero-order valence-corrected chi connectivity index (χ0v) is 16.0. The maximum atomic E-state index is 12.6. The van der Waals surface area contributed by atoms with E-state index in [1.54, 1.807) is 23.7 Å². The largest absolute Gasteiger partial charge is 0.364 e. The van der Waals surface area contributed by atoms with Crippen LogP contribution in [-0.2, 0) is 22.2 Å². The smallest absolute Gasteiger partial charge is 0.220 e. The fourth-order valence-corrected chi connectivity index (χ4v) is 5.44. The zero-order chi connectivity index (χ0) is 18.1. The number of sulfonamides is 1. The molecule has 26 heavy (non-hydrogen) atoms. The number of fused-ring (bicyclic) bond motifs is 1. The van der Waals surface area contributed by atoms with Crippen molar-refractivity contribution in [3.63, 3.8) is 0 Å². The third-order valence-corrected chi connectivity index (χ3v) is 7.46. The lowest BCUT2D eigenvalue weighted by Crippen LogP contribution is -2.49. The maximum Gasteiger partial charge on any atom is 0.220 e. The van der Waals surface area contributed by atoms with Crippen LogP contribution in [0.25, 0.3) is 10.2 Å². The summed E-state index contributed by atoms with van der Waals surface area (Å²) in [4.78, 5) is 13.2. The molecule has 4 rings (SSSR count). The van der Waals surface area contributed by atoms with Crippen molar-refractivity contribution >= 4 is 37.4 Å². The van der Waals surface area contributed by atoms with Gasteiger partial charge in [-0.2, -0.15) is 4.31 Å². The van der Waals surface area contributed by atoms with Crippen molar-refractivity contribution in [1.29, 1.82) is 0 Å². The summed E-state index contributed by atoms with van der Waals surface area (Å²) >= 11 is 1.68. The van der Waals surface area contributed by atoms with Gasteiger partial charge in [-0.15, -0.1) is 11.3 Å². The zero-order valence-electron chi connectivity index (χ0n) is 14.3. The van der Waals surface area contributed by atoms with E-state index in [0.29, 0.717) is 31.9 Å². The van der Waals surface area contributed by atoms with Gasteiger partial charge in [0.2, 0.25) is 10.0 Å². The molecule has 0 radical (unpaired) electrons. The SMILES string of the molecule is CCc1cc2c(N3CCN(S(=O)(=O)Cc4ccon4)CC3)ncnc2s1. The number of hydrogen-bond donors (Lipinski definition) is 0. The number of aryl methyl sites for hydroxylation is 1. The fourth-order valence-electron chi connectivity index (χ4n) is 3.09. The molecule has 138 valence electrons. The predicted octanol–water partition coefficient (Wildman–Crippen LogP) is 1.89.